The van der Waals surface area contributed by atoms with E-state index < -0.39 is 6.10 Å². The molecule has 0 radical (unpaired) electrons. The molecule has 0 aliphatic carbocycles. The molecule has 26 heavy (non-hydrogen) atoms. The van der Waals surface area contributed by atoms with Gasteiger partial charge in [0.1, 0.15) is 24.3 Å². The summed E-state index contributed by atoms with van der Waals surface area (Å²) in [6.45, 7) is 6.53. The van der Waals surface area contributed by atoms with E-state index in [4.69, 9.17) is 4.74 Å². The fraction of sp³-hybridized carbons (Fsp3) is 0.429. The lowest BCUT2D eigenvalue weighted by Crippen LogP contribution is -2.38. The number of β-amino-alcohol motifs (C(OH)–C–C–N with tert-alkyl or cyclic N) is 1. The number of anilines is 1. The third-order valence-corrected chi connectivity index (χ3v) is 4.77. The van der Waals surface area contributed by atoms with Crippen molar-refractivity contribution < 1.29 is 14.2 Å². The SMILES string of the molecule is Cc1ccccc1OCC(O)CN1CCCN(c2ccc(F)cc2)CC1. The first-order valence-electron chi connectivity index (χ1n) is 9.21. The lowest BCUT2D eigenvalue weighted by molar-refractivity contribution is 0.0702. The first-order chi connectivity index (χ1) is 12.6. The van der Waals surface area contributed by atoms with Gasteiger partial charge in [0.2, 0.25) is 0 Å². The number of halogens is 1. The molecular weight excluding hydrogens is 331 g/mol. The Kier molecular flexibility index (Phi) is 6.47. The molecule has 1 aliphatic heterocycles. The van der Waals surface area contributed by atoms with Gasteiger partial charge in [-0.3, -0.25) is 4.90 Å². The summed E-state index contributed by atoms with van der Waals surface area (Å²) in [6, 6.07) is 14.5. The predicted octanol–water partition coefficient (Wildman–Crippen LogP) is 3.09. The van der Waals surface area contributed by atoms with Crippen LogP contribution in [-0.2, 0) is 0 Å². The van der Waals surface area contributed by atoms with Crippen LogP contribution in [0.1, 0.15) is 12.0 Å². The Morgan fingerprint density at radius 3 is 2.58 bits per heavy atom. The monoisotopic (exact) mass is 358 g/mol. The van der Waals surface area contributed by atoms with Crippen molar-refractivity contribution in [3.8, 4) is 5.75 Å². The molecule has 0 bridgehead atoms. The van der Waals surface area contributed by atoms with Crippen LogP contribution in [0, 0.1) is 12.7 Å². The zero-order valence-corrected chi connectivity index (χ0v) is 15.3. The minimum atomic E-state index is -0.521. The van der Waals surface area contributed by atoms with E-state index in [1.54, 1.807) is 0 Å². The van der Waals surface area contributed by atoms with Gasteiger partial charge in [-0.2, -0.15) is 0 Å². The number of nitrogens with zero attached hydrogens (tertiary/aromatic N) is 2. The summed E-state index contributed by atoms with van der Waals surface area (Å²) in [5, 5.41) is 10.3. The van der Waals surface area contributed by atoms with Gasteiger partial charge in [-0.15, -0.1) is 0 Å². The number of benzene rings is 2. The Morgan fingerprint density at radius 1 is 1.04 bits per heavy atom. The maximum atomic E-state index is 13.1. The fourth-order valence-electron chi connectivity index (χ4n) is 3.32. The Balaban J connectivity index is 1.46. The summed E-state index contributed by atoms with van der Waals surface area (Å²) in [6.07, 6.45) is 0.495. The highest BCUT2D eigenvalue weighted by molar-refractivity contribution is 5.46. The average Bonchev–Trinajstić information content (AvgIpc) is 2.87. The molecule has 1 unspecified atom stereocenters. The molecule has 1 aliphatic rings. The number of aliphatic hydroxyl groups excluding tert-OH is 1. The van der Waals surface area contributed by atoms with Crippen molar-refractivity contribution in [2.24, 2.45) is 0 Å². The van der Waals surface area contributed by atoms with E-state index >= 15 is 0 Å². The van der Waals surface area contributed by atoms with Gasteiger partial charge in [0.25, 0.3) is 0 Å². The molecule has 0 amide bonds. The van der Waals surface area contributed by atoms with E-state index in [1.807, 2.05) is 43.3 Å². The Bertz CT molecular complexity index is 693. The highest BCUT2D eigenvalue weighted by atomic mass is 19.1. The molecule has 140 valence electrons. The summed E-state index contributed by atoms with van der Waals surface area (Å²) in [7, 11) is 0. The summed E-state index contributed by atoms with van der Waals surface area (Å²) >= 11 is 0. The van der Waals surface area contributed by atoms with Gasteiger partial charge >= 0.3 is 0 Å². The van der Waals surface area contributed by atoms with Gasteiger partial charge in [0, 0.05) is 31.9 Å². The highest BCUT2D eigenvalue weighted by Gasteiger charge is 2.18. The van der Waals surface area contributed by atoms with Gasteiger partial charge in [0.05, 0.1) is 0 Å². The standard InChI is InChI=1S/C21H27FN2O2/c1-17-5-2-3-6-21(17)26-16-20(25)15-23-11-4-12-24(14-13-23)19-9-7-18(22)8-10-19/h2-3,5-10,20,25H,4,11-16H2,1H3. The molecule has 2 aromatic rings. The number of rotatable bonds is 6. The largest absolute Gasteiger partial charge is 0.491 e. The zero-order valence-electron chi connectivity index (χ0n) is 15.3. The number of aliphatic hydroxyl groups is 1. The molecule has 3 rings (SSSR count). The zero-order chi connectivity index (χ0) is 18.4. The maximum Gasteiger partial charge on any atom is 0.123 e. The molecule has 5 heteroatoms. The Hall–Kier alpha value is -2.11. The van der Waals surface area contributed by atoms with Crippen LogP contribution in [0.4, 0.5) is 10.1 Å². The third-order valence-electron chi connectivity index (χ3n) is 4.77. The highest BCUT2D eigenvalue weighted by Crippen LogP contribution is 2.18. The summed E-state index contributed by atoms with van der Waals surface area (Å²) in [4.78, 5) is 4.55. The van der Waals surface area contributed by atoms with E-state index in [2.05, 4.69) is 9.80 Å². The van der Waals surface area contributed by atoms with Gasteiger partial charge in [-0.05, 0) is 55.8 Å². The number of para-hydroxylation sites is 1. The number of ether oxygens (including phenoxy) is 1. The van der Waals surface area contributed by atoms with Crippen molar-refractivity contribution in [1.29, 1.82) is 0 Å². The van der Waals surface area contributed by atoms with E-state index in [0.717, 1.165) is 49.6 Å². The van der Waals surface area contributed by atoms with Crippen LogP contribution in [0.3, 0.4) is 0 Å². The minimum absolute atomic E-state index is 0.207. The Labute approximate surface area is 154 Å². The van der Waals surface area contributed by atoms with E-state index in [0.29, 0.717) is 13.2 Å². The third kappa shape index (κ3) is 5.19. The summed E-state index contributed by atoms with van der Waals surface area (Å²) in [5.74, 6) is 0.617. The van der Waals surface area contributed by atoms with Crippen LogP contribution in [0.2, 0.25) is 0 Å². The molecule has 0 aromatic heterocycles. The van der Waals surface area contributed by atoms with Crippen LogP contribution in [0.5, 0.6) is 5.75 Å². The van der Waals surface area contributed by atoms with Crippen LogP contribution in [0.25, 0.3) is 0 Å². The summed E-state index contributed by atoms with van der Waals surface area (Å²) < 4.78 is 18.8. The molecule has 1 atom stereocenters. The topological polar surface area (TPSA) is 35.9 Å². The molecule has 1 heterocycles. The Morgan fingerprint density at radius 2 is 1.81 bits per heavy atom. The van der Waals surface area contributed by atoms with Gasteiger partial charge in [-0.1, -0.05) is 18.2 Å². The second-order valence-electron chi connectivity index (χ2n) is 6.85. The molecule has 0 spiro atoms. The summed E-state index contributed by atoms with van der Waals surface area (Å²) in [5.41, 5.74) is 2.13. The smallest absolute Gasteiger partial charge is 0.123 e. The van der Waals surface area contributed by atoms with Gasteiger partial charge in [-0.25, -0.2) is 4.39 Å². The number of hydrogen-bond donors (Lipinski definition) is 1. The van der Waals surface area contributed by atoms with E-state index in [9.17, 15) is 9.50 Å². The van der Waals surface area contributed by atoms with Gasteiger partial charge in [0.15, 0.2) is 0 Å². The molecule has 2 aromatic carbocycles. The molecule has 4 nitrogen and oxygen atoms in total. The van der Waals surface area contributed by atoms with Crippen molar-refractivity contribution in [2.75, 3.05) is 44.2 Å². The number of hydrogen-bond acceptors (Lipinski definition) is 4. The van der Waals surface area contributed by atoms with Gasteiger partial charge < -0.3 is 14.7 Å². The molecule has 1 N–H and O–H groups in total. The maximum absolute atomic E-state index is 13.1. The second-order valence-corrected chi connectivity index (χ2v) is 6.85. The van der Waals surface area contributed by atoms with Crippen molar-refractivity contribution in [2.45, 2.75) is 19.4 Å². The quantitative estimate of drug-likeness (QED) is 0.861. The molecule has 1 fully saturated rings. The van der Waals surface area contributed by atoms with E-state index in [-0.39, 0.29) is 5.82 Å². The second kappa shape index (κ2) is 9.01. The molecule has 1 saturated heterocycles. The van der Waals surface area contributed by atoms with Crippen LogP contribution in [-0.4, -0.2) is 55.4 Å². The average molecular weight is 358 g/mol. The van der Waals surface area contributed by atoms with Crippen molar-refractivity contribution >= 4 is 5.69 Å². The number of aryl methyl sites for hydroxylation is 1. The predicted molar refractivity (Wildman–Crippen MR) is 102 cm³/mol. The lowest BCUT2D eigenvalue weighted by Gasteiger charge is -2.25. The van der Waals surface area contributed by atoms with Crippen molar-refractivity contribution in [1.82, 2.24) is 4.90 Å². The normalized spacial score (nSPS) is 17.0. The van der Waals surface area contributed by atoms with E-state index in [1.165, 1.54) is 12.1 Å². The lowest BCUT2D eigenvalue weighted by atomic mass is 10.2. The van der Waals surface area contributed by atoms with Crippen LogP contribution >= 0.6 is 0 Å². The molecular formula is C21H27FN2O2. The first-order valence-corrected chi connectivity index (χ1v) is 9.21. The van der Waals surface area contributed by atoms with Crippen molar-refractivity contribution in [3.05, 3.63) is 59.9 Å². The van der Waals surface area contributed by atoms with Crippen LogP contribution in [0.15, 0.2) is 48.5 Å². The first kappa shape index (κ1) is 18.7. The minimum Gasteiger partial charge on any atom is -0.491 e. The van der Waals surface area contributed by atoms with Crippen molar-refractivity contribution in [3.63, 3.8) is 0 Å². The molecule has 0 saturated carbocycles. The fourth-order valence-corrected chi connectivity index (χ4v) is 3.32. The van der Waals surface area contributed by atoms with Crippen LogP contribution < -0.4 is 9.64 Å².